The van der Waals surface area contributed by atoms with E-state index < -0.39 is 0 Å². The van der Waals surface area contributed by atoms with Crippen molar-refractivity contribution in [2.45, 2.75) is 12.8 Å². The minimum Gasteiger partial charge on any atom is -0.343 e. The summed E-state index contributed by atoms with van der Waals surface area (Å²) in [6, 6.07) is 7.31. The molecule has 0 atom stereocenters. The van der Waals surface area contributed by atoms with Gasteiger partial charge in [-0.15, -0.1) is 0 Å². The third-order valence-electron chi connectivity index (χ3n) is 3.59. The van der Waals surface area contributed by atoms with Gasteiger partial charge in [-0.25, -0.2) is 4.39 Å². The molecular weight excluding hydrogens is 273 g/mol. The average Bonchev–Trinajstić information content (AvgIpc) is 2.53. The Kier molecular flexibility index (Phi) is 4.88. The smallest absolute Gasteiger partial charge is 0.253 e. The van der Waals surface area contributed by atoms with E-state index in [9.17, 15) is 14.0 Å². The number of rotatable bonds is 3. The van der Waals surface area contributed by atoms with Gasteiger partial charge in [0.1, 0.15) is 12.4 Å². The second-order valence-electron chi connectivity index (χ2n) is 4.95. The third-order valence-corrected chi connectivity index (χ3v) is 3.59. The Bertz CT molecular complexity index is 557. The highest BCUT2D eigenvalue weighted by Gasteiger charge is 2.27. The number of likely N-dealkylation sites (tertiary alicyclic amines) is 1. The van der Waals surface area contributed by atoms with Gasteiger partial charge in [-0.2, -0.15) is 5.26 Å². The van der Waals surface area contributed by atoms with Gasteiger partial charge in [0, 0.05) is 24.6 Å². The Hall–Kier alpha value is -2.42. The second kappa shape index (κ2) is 6.84. The fourth-order valence-electron chi connectivity index (χ4n) is 2.39. The summed E-state index contributed by atoms with van der Waals surface area (Å²) in [4.78, 5) is 25.6. The van der Waals surface area contributed by atoms with E-state index in [0.29, 0.717) is 31.5 Å². The summed E-state index contributed by atoms with van der Waals surface area (Å²) in [6.07, 6.45) is 1.15. The minimum absolute atomic E-state index is 0.00750. The van der Waals surface area contributed by atoms with Crippen LogP contribution >= 0.6 is 0 Å². The molecule has 1 aromatic carbocycles. The van der Waals surface area contributed by atoms with Crippen molar-refractivity contribution in [3.8, 4) is 6.07 Å². The van der Waals surface area contributed by atoms with Crippen LogP contribution in [0.2, 0.25) is 0 Å². The summed E-state index contributed by atoms with van der Waals surface area (Å²) in [7, 11) is 0. The maximum absolute atomic E-state index is 12.8. The molecule has 0 bridgehead atoms. The number of piperidine rings is 1. The molecule has 1 heterocycles. The van der Waals surface area contributed by atoms with E-state index in [4.69, 9.17) is 5.26 Å². The first-order valence-corrected chi connectivity index (χ1v) is 6.81. The zero-order valence-electron chi connectivity index (χ0n) is 11.5. The molecule has 1 aliphatic rings. The van der Waals surface area contributed by atoms with Crippen LogP contribution < -0.4 is 5.32 Å². The van der Waals surface area contributed by atoms with E-state index in [0.717, 1.165) is 0 Å². The average molecular weight is 289 g/mol. The predicted octanol–water partition coefficient (Wildman–Crippen LogP) is 1.32. The Morgan fingerprint density at radius 2 is 1.90 bits per heavy atom. The first-order valence-electron chi connectivity index (χ1n) is 6.81. The van der Waals surface area contributed by atoms with E-state index in [1.807, 2.05) is 6.07 Å². The fraction of sp³-hybridized carbons (Fsp3) is 0.400. The van der Waals surface area contributed by atoms with Crippen LogP contribution in [0.15, 0.2) is 24.3 Å². The van der Waals surface area contributed by atoms with Gasteiger partial charge in [-0.1, -0.05) is 0 Å². The molecule has 2 amide bonds. The van der Waals surface area contributed by atoms with Crippen LogP contribution in [-0.2, 0) is 4.79 Å². The first kappa shape index (κ1) is 15.0. The minimum atomic E-state index is -0.376. The molecule has 1 saturated heterocycles. The van der Waals surface area contributed by atoms with Crippen LogP contribution in [0.5, 0.6) is 0 Å². The van der Waals surface area contributed by atoms with Crippen LogP contribution in [0, 0.1) is 23.1 Å². The molecule has 21 heavy (non-hydrogen) atoms. The number of amides is 2. The molecule has 0 aliphatic carbocycles. The van der Waals surface area contributed by atoms with Crippen molar-refractivity contribution in [3.63, 3.8) is 0 Å². The number of nitrogens with one attached hydrogen (secondary N) is 1. The highest BCUT2D eigenvalue weighted by Crippen LogP contribution is 2.19. The number of hydrogen-bond acceptors (Lipinski definition) is 3. The maximum Gasteiger partial charge on any atom is 0.253 e. The molecule has 1 fully saturated rings. The zero-order chi connectivity index (χ0) is 15.2. The molecule has 0 aromatic heterocycles. The van der Waals surface area contributed by atoms with Crippen molar-refractivity contribution in [1.29, 1.82) is 5.26 Å². The lowest BCUT2D eigenvalue weighted by Gasteiger charge is -2.31. The number of carbonyl (C=O) groups is 2. The molecule has 1 aliphatic heterocycles. The van der Waals surface area contributed by atoms with Crippen molar-refractivity contribution in [2.24, 2.45) is 5.92 Å². The number of carbonyl (C=O) groups excluding carboxylic acids is 2. The van der Waals surface area contributed by atoms with Gasteiger partial charge >= 0.3 is 0 Å². The van der Waals surface area contributed by atoms with Crippen molar-refractivity contribution in [1.82, 2.24) is 10.2 Å². The largest absolute Gasteiger partial charge is 0.343 e. The molecule has 110 valence electrons. The summed E-state index contributed by atoms with van der Waals surface area (Å²) >= 11 is 0. The number of hydrogen-bond donors (Lipinski definition) is 1. The van der Waals surface area contributed by atoms with E-state index in [1.165, 1.54) is 24.3 Å². The van der Waals surface area contributed by atoms with E-state index in [-0.39, 0.29) is 30.1 Å². The standard InChI is InChI=1S/C15H16FN3O2/c16-13-3-1-12(2-4-13)15(21)19-9-5-11(6-10-19)14(20)18-8-7-17/h1-4,11H,5-6,8-10H2,(H,18,20). The van der Waals surface area contributed by atoms with Crippen LogP contribution in [0.25, 0.3) is 0 Å². The van der Waals surface area contributed by atoms with Gasteiger partial charge in [0.05, 0.1) is 6.07 Å². The predicted molar refractivity (Wildman–Crippen MR) is 73.7 cm³/mol. The summed E-state index contributed by atoms with van der Waals surface area (Å²) in [5.74, 6) is -0.814. The molecule has 1 aromatic rings. The molecule has 6 heteroatoms. The van der Waals surface area contributed by atoms with Crippen molar-refractivity contribution in [3.05, 3.63) is 35.6 Å². The molecule has 0 radical (unpaired) electrons. The lowest BCUT2D eigenvalue weighted by atomic mass is 9.95. The molecule has 0 spiro atoms. The highest BCUT2D eigenvalue weighted by atomic mass is 19.1. The molecule has 0 saturated carbocycles. The summed E-state index contributed by atoms with van der Waals surface area (Å²) in [6.45, 7) is 0.981. The molecular formula is C15H16FN3O2. The maximum atomic E-state index is 12.8. The van der Waals surface area contributed by atoms with Crippen molar-refractivity contribution >= 4 is 11.8 Å². The third kappa shape index (κ3) is 3.78. The zero-order valence-corrected chi connectivity index (χ0v) is 11.5. The van der Waals surface area contributed by atoms with Crippen LogP contribution in [0.1, 0.15) is 23.2 Å². The van der Waals surface area contributed by atoms with Gasteiger partial charge in [0.25, 0.3) is 5.91 Å². The van der Waals surface area contributed by atoms with Gasteiger partial charge in [-0.3, -0.25) is 9.59 Å². The summed E-state index contributed by atoms with van der Waals surface area (Å²) in [5, 5.41) is 11.0. The first-order chi connectivity index (χ1) is 10.1. The van der Waals surface area contributed by atoms with E-state index >= 15 is 0 Å². The number of nitrogens with zero attached hydrogens (tertiary/aromatic N) is 2. The highest BCUT2D eigenvalue weighted by molar-refractivity contribution is 5.94. The molecule has 0 unspecified atom stereocenters. The Morgan fingerprint density at radius 3 is 2.48 bits per heavy atom. The van der Waals surface area contributed by atoms with Crippen molar-refractivity contribution < 1.29 is 14.0 Å². The number of halogens is 1. The summed E-state index contributed by atoms with van der Waals surface area (Å²) < 4.78 is 12.8. The SMILES string of the molecule is N#CCNC(=O)C1CCN(C(=O)c2ccc(F)cc2)CC1. The lowest BCUT2D eigenvalue weighted by Crippen LogP contribution is -2.43. The van der Waals surface area contributed by atoms with Crippen molar-refractivity contribution in [2.75, 3.05) is 19.6 Å². The van der Waals surface area contributed by atoms with Crippen LogP contribution in [-0.4, -0.2) is 36.3 Å². The Morgan fingerprint density at radius 1 is 1.29 bits per heavy atom. The number of nitriles is 1. The monoisotopic (exact) mass is 289 g/mol. The van der Waals surface area contributed by atoms with Gasteiger partial charge in [0.15, 0.2) is 0 Å². The van der Waals surface area contributed by atoms with Gasteiger partial charge in [0.2, 0.25) is 5.91 Å². The molecule has 1 N–H and O–H groups in total. The quantitative estimate of drug-likeness (QED) is 0.853. The topological polar surface area (TPSA) is 73.2 Å². The fourth-order valence-corrected chi connectivity index (χ4v) is 2.39. The van der Waals surface area contributed by atoms with E-state index in [1.54, 1.807) is 4.90 Å². The molecule has 2 rings (SSSR count). The lowest BCUT2D eigenvalue weighted by molar-refractivity contribution is -0.126. The van der Waals surface area contributed by atoms with Gasteiger partial charge in [-0.05, 0) is 37.1 Å². The van der Waals surface area contributed by atoms with E-state index in [2.05, 4.69) is 5.32 Å². The Balaban J connectivity index is 1.89. The van der Waals surface area contributed by atoms with Crippen LogP contribution in [0.3, 0.4) is 0 Å². The van der Waals surface area contributed by atoms with Gasteiger partial charge < -0.3 is 10.2 Å². The number of benzene rings is 1. The summed E-state index contributed by atoms with van der Waals surface area (Å²) in [5.41, 5.74) is 0.448. The molecule has 5 nitrogen and oxygen atoms in total. The van der Waals surface area contributed by atoms with Crippen LogP contribution in [0.4, 0.5) is 4.39 Å². The Labute approximate surface area is 122 Å². The second-order valence-corrected chi connectivity index (χ2v) is 4.95. The normalized spacial score (nSPS) is 15.3.